The van der Waals surface area contributed by atoms with Crippen LogP contribution in [0.25, 0.3) is 29.1 Å². The predicted octanol–water partition coefficient (Wildman–Crippen LogP) is 4.20. The van der Waals surface area contributed by atoms with Gasteiger partial charge in [-0.1, -0.05) is 66.8 Å². The third kappa shape index (κ3) is 3.56. The Morgan fingerprint density at radius 1 is 0.720 bits per heavy atom. The molecule has 2 aromatic carbocycles. The van der Waals surface area contributed by atoms with Gasteiger partial charge in [0.15, 0.2) is 0 Å². The predicted molar refractivity (Wildman–Crippen MR) is 101 cm³/mol. The van der Waals surface area contributed by atoms with Crippen molar-refractivity contribution in [2.75, 3.05) is 0 Å². The first-order valence-electron chi connectivity index (χ1n) is 8.19. The summed E-state index contributed by atoms with van der Waals surface area (Å²) >= 11 is 0. The van der Waals surface area contributed by atoms with Crippen LogP contribution in [0.2, 0.25) is 0 Å². The summed E-state index contributed by atoms with van der Waals surface area (Å²) in [4.78, 5) is 9.09. The third-order valence-corrected chi connectivity index (χ3v) is 3.90. The van der Waals surface area contributed by atoms with Crippen molar-refractivity contribution >= 4 is 23.2 Å². The van der Waals surface area contributed by atoms with Gasteiger partial charge in [0.25, 0.3) is 0 Å². The average molecular weight is 323 g/mol. The Bertz CT molecular complexity index is 993. The number of aromatic nitrogens is 3. The molecule has 4 rings (SSSR count). The van der Waals surface area contributed by atoms with Crippen LogP contribution >= 0.6 is 0 Å². The molecule has 0 fully saturated rings. The highest BCUT2D eigenvalue weighted by Crippen LogP contribution is 2.09. The number of benzene rings is 2. The van der Waals surface area contributed by atoms with Crippen molar-refractivity contribution in [3.63, 3.8) is 0 Å². The molecule has 0 radical (unpaired) electrons. The number of nitrogens with zero attached hydrogens (tertiary/aromatic N) is 3. The molecule has 0 N–H and O–H groups in total. The number of imidazole rings is 1. The summed E-state index contributed by atoms with van der Waals surface area (Å²) in [5.74, 6) is 0.695. The van der Waals surface area contributed by atoms with Gasteiger partial charge in [0.2, 0.25) is 5.95 Å². The molecule has 0 saturated carbocycles. The van der Waals surface area contributed by atoms with Crippen LogP contribution < -0.4 is 9.55 Å². The van der Waals surface area contributed by atoms with Gasteiger partial charge in [0, 0.05) is 12.4 Å². The summed E-state index contributed by atoms with van der Waals surface area (Å²) in [5, 5.41) is 0. The van der Waals surface area contributed by atoms with Crippen LogP contribution in [0.1, 0.15) is 11.1 Å². The Labute approximate surface area is 146 Å². The lowest BCUT2D eigenvalue weighted by Crippen LogP contribution is -2.31. The number of allylic oxidation sites excluding steroid dienone is 2. The van der Waals surface area contributed by atoms with E-state index in [4.69, 9.17) is 0 Å². The molecule has 0 saturated heterocycles. The number of rotatable bonds is 4. The molecule has 4 aromatic rings. The molecule has 3 nitrogen and oxygen atoms in total. The van der Waals surface area contributed by atoms with Crippen LogP contribution in [0.3, 0.4) is 0 Å². The minimum absolute atomic E-state index is 0.695. The summed E-state index contributed by atoms with van der Waals surface area (Å²) in [7, 11) is 0. The number of pyridine rings is 1. The number of fused-ring (bicyclic) bond motifs is 1. The molecular weight excluding hydrogens is 306 g/mol. The fourth-order valence-electron chi connectivity index (χ4n) is 2.59. The van der Waals surface area contributed by atoms with E-state index in [9.17, 15) is 0 Å². The molecule has 0 spiro atoms. The van der Waals surface area contributed by atoms with Gasteiger partial charge in [-0.25, -0.2) is 9.97 Å². The van der Waals surface area contributed by atoms with E-state index in [0.29, 0.717) is 5.95 Å². The maximum atomic E-state index is 4.54. The Morgan fingerprint density at radius 3 is 2.08 bits per heavy atom. The summed E-state index contributed by atoms with van der Waals surface area (Å²) in [6.45, 7) is 0. The lowest BCUT2D eigenvalue weighted by molar-refractivity contribution is -0.603. The molecule has 2 heterocycles. The molecule has 120 valence electrons. The van der Waals surface area contributed by atoms with E-state index < -0.39 is 0 Å². The van der Waals surface area contributed by atoms with Crippen molar-refractivity contribution in [1.29, 1.82) is 0 Å². The molecule has 25 heavy (non-hydrogen) atoms. The fourth-order valence-corrected chi connectivity index (χ4v) is 2.59. The molecule has 0 unspecified atom stereocenters. The van der Waals surface area contributed by atoms with Gasteiger partial charge in [-0.3, -0.25) is 4.57 Å². The number of para-hydroxylation sites is 2. The Hall–Kier alpha value is -3.46. The lowest BCUT2D eigenvalue weighted by atomic mass is 10.2. The van der Waals surface area contributed by atoms with Crippen LogP contribution in [0.15, 0.2) is 91.3 Å². The van der Waals surface area contributed by atoms with Crippen molar-refractivity contribution < 1.29 is 4.57 Å². The van der Waals surface area contributed by atoms with Crippen LogP contribution in [-0.2, 0) is 0 Å². The second-order valence-electron chi connectivity index (χ2n) is 5.68. The number of hydrogen-bond donors (Lipinski definition) is 0. The second kappa shape index (κ2) is 6.97. The maximum Gasteiger partial charge on any atom is 0.234 e. The summed E-state index contributed by atoms with van der Waals surface area (Å²) in [6, 6.07) is 22.3. The molecule has 0 amide bonds. The van der Waals surface area contributed by atoms with E-state index in [1.807, 2.05) is 83.7 Å². The van der Waals surface area contributed by atoms with Gasteiger partial charge in [-0.2, -0.15) is 0 Å². The van der Waals surface area contributed by atoms with E-state index >= 15 is 0 Å². The molecule has 0 atom stereocenters. The Morgan fingerprint density at radius 2 is 1.36 bits per heavy atom. The van der Waals surface area contributed by atoms with Crippen molar-refractivity contribution in [2.45, 2.75) is 0 Å². The summed E-state index contributed by atoms with van der Waals surface area (Å²) < 4.78 is 1.93. The fraction of sp³-hybridized carbons (Fsp3) is 0. The standard InChI is InChI=1S/C22H17N3/c1-2-8-18(9-3-1)10-4-5-11-19-14-16-25(17-15-19)22-23-20-12-6-7-13-21(20)24-22/h1-17H/b10-4+,11-5+. The normalized spacial score (nSPS) is 11.7. The van der Waals surface area contributed by atoms with Gasteiger partial charge < -0.3 is 0 Å². The van der Waals surface area contributed by atoms with Gasteiger partial charge in [0.1, 0.15) is 0 Å². The zero-order valence-electron chi connectivity index (χ0n) is 13.7. The largest absolute Gasteiger partial charge is 0.293 e. The molecule has 2 aromatic heterocycles. The third-order valence-electron chi connectivity index (χ3n) is 3.90. The zero-order chi connectivity index (χ0) is 16.9. The highest BCUT2D eigenvalue weighted by molar-refractivity contribution is 5.75. The summed E-state index contributed by atoms with van der Waals surface area (Å²) in [5.41, 5.74) is 4.16. The molecule has 3 heteroatoms. The topological polar surface area (TPSA) is 30.9 Å². The Kier molecular flexibility index (Phi) is 4.21. The lowest BCUT2D eigenvalue weighted by Gasteiger charge is -2.01. The molecular formula is C22H17N3. The minimum Gasteiger partial charge on any atom is -0.293 e. The van der Waals surface area contributed by atoms with Gasteiger partial charge in [0.05, 0.1) is 11.0 Å². The van der Waals surface area contributed by atoms with Gasteiger partial charge >= 0.3 is 0 Å². The van der Waals surface area contributed by atoms with Crippen molar-refractivity contribution in [2.24, 2.45) is 0 Å². The van der Waals surface area contributed by atoms with E-state index in [0.717, 1.165) is 16.6 Å². The molecule has 0 aliphatic carbocycles. The van der Waals surface area contributed by atoms with E-state index in [-0.39, 0.29) is 0 Å². The van der Waals surface area contributed by atoms with E-state index in [2.05, 4.69) is 34.3 Å². The van der Waals surface area contributed by atoms with E-state index in [1.54, 1.807) is 0 Å². The van der Waals surface area contributed by atoms with Crippen molar-refractivity contribution in [3.8, 4) is 5.95 Å². The smallest absolute Gasteiger partial charge is 0.234 e. The SMILES string of the molecule is C(/C=C/c1cc[n+](-c2nc3ccccc3[n-]2)cc1)=C\c1ccccc1. The Balaban J connectivity index is 1.48. The maximum absolute atomic E-state index is 4.54. The van der Waals surface area contributed by atoms with Crippen LogP contribution in [0, 0.1) is 0 Å². The van der Waals surface area contributed by atoms with Crippen LogP contribution in [0.4, 0.5) is 0 Å². The zero-order valence-corrected chi connectivity index (χ0v) is 13.7. The monoisotopic (exact) mass is 323 g/mol. The highest BCUT2D eigenvalue weighted by Gasteiger charge is 2.03. The molecule has 0 bridgehead atoms. The van der Waals surface area contributed by atoms with Crippen molar-refractivity contribution in [3.05, 3.63) is 102 Å². The van der Waals surface area contributed by atoms with Crippen molar-refractivity contribution in [1.82, 2.24) is 9.97 Å². The highest BCUT2D eigenvalue weighted by atomic mass is 15.1. The quantitative estimate of drug-likeness (QED) is 0.416. The minimum atomic E-state index is 0.695. The second-order valence-corrected chi connectivity index (χ2v) is 5.68. The number of hydrogen-bond acceptors (Lipinski definition) is 1. The molecule has 0 aliphatic heterocycles. The van der Waals surface area contributed by atoms with Crippen LogP contribution in [0.5, 0.6) is 0 Å². The van der Waals surface area contributed by atoms with Gasteiger partial charge in [-0.15, -0.1) is 0 Å². The first kappa shape index (κ1) is 15.1. The average Bonchev–Trinajstić information content (AvgIpc) is 3.11. The van der Waals surface area contributed by atoms with Gasteiger partial charge in [-0.05, 0) is 35.4 Å². The first-order valence-corrected chi connectivity index (χ1v) is 8.19. The van der Waals surface area contributed by atoms with Crippen LogP contribution in [-0.4, -0.2) is 4.98 Å². The first-order chi connectivity index (χ1) is 12.4. The summed E-state index contributed by atoms with van der Waals surface area (Å²) in [6.07, 6.45) is 12.2. The molecule has 0 aliphatic rings. The van der Waals surface area contributed by atoms with E-state index in [1.165, 1.54) is 5.56 Å².